The van der Waals surface area contributed by atoms with Crippen LogP contribution in [0.25, 0.3) is 0 Å². The molecule has 0 saturated heterocycles. The maximum Gasteiger partial charge on any atom is 0.179 e. The minimum absolute atomic E-state index is 0.0146. The largest absolute Gasteiger partial charge is 0.316 e. The summed E-state index contributed by atoms with van der Waals surface area (Å²) in [4.78, 5) is 0.0604. The molecule has 0 fully saturated rings. The molecule has 0 aliphatic carbocycles. The fourth-order valence-electron chi connectivity index (χ4n) is 1.69. The molecule has 1 atom stereocenters. The van der Waals surface area contributed by atoms with Crippen molar-refractivity contribution < 1.29 is 12.8 Å². The first-order chi connectivity index (χ1) is 8.40. The van der Waals surface area contributed by atoms with E-state index in [-0.39, 0.29) is 21.7 Å². The van der Waals surface area contributed by atoms with Gasteiger partial charge in [-0.1, -0.05) is 24.9 Å². The normalized spacial score (nSPS) is 13.6. The van der Waals surface area contributed by atoms with E-state index in [1.165, 1.54) is 6.07 Å². The van der Waals surface area contributed by atoms with Crippen molar-refractivity contribution in [1.82, 2.24) is 5.32 Å². The third-order valence-corrected chi connectivity index (χ3v) is 4.82. The summed E-state index contributed by atoms with van der Waals surface area (Å²) in [5.74, 6) is -0.631. The molecule has 0 amide bonds. The predicted molar refractivity (Wildman–Crippen MR) is 71.2 cm³/mol. The number of hydrogen-bond acceptors (Lipinski definition) is 3. The van der Waals surface area contributed by atoms with Gasteiger partial charge in [-0.05, 0) is 31.7 Å². The monoisotopic (exact) mass is 293 g/mol. The van der Waals surface area contributed by atoms with Crippen molar-refractivity contribution in [2.75, 3.05) is 12.8 Å². The molecule has 0 spiro atoms. The first kappa shape index (κ1) is 15.4. The highest BCUT2D eigenvalue weighted by molar-refractivity contribution is 7.91. The highest BCUT2D eigenvalue weighted by atomic mass is 35.5. The molecule has 0 heterocycles. The number of benzene rings is 1. The van der Waals surface area contributed by atoms with Crippen molar-refractivity contribution in [3.05, 3.63) is 29.0 Å². The van der Waals surface area contributed by atoms with Gasteiger partial charge in [-0.25, -0.2) is 12.8 Å². The Labute approximate surface area is 112 Å². The summed E-state index contributed by atoms with van der Waals surface area (Å²) in [6.07, 6.45) is 1.66. The predicted octanol–water partition coefficient (Wildman–Crippen LogP) is 2.64. The number of rotatable bonds is 6. The zero-order chi connectivity index (χ0) is 13.8. The molecule has 1 aromatic carbocycles. The highest BCUT2D eigenvalue weighted by Gasteiger charge is 2.20. The molecule has 0 aromatic heterocycles. The number of nitrogens with one attached hydrogen (secondary N) is 1. The van der Waals surface area contributed by atoms with E-state index in [1.807, 2.05) is 6.92 Å². The smallest absolute Gasteiger partial charge is 0.179 e. The first-order valence-electron chi connectivity index (χ1n) is 5.75. The second kappa shape index (κ2) is 6.50. The molecule has 0 aliphatic heterocycles. The van der Waals surface area contributed by atoms with Crippen LogP contribution in [-0.2, 0) is 9.84 Å². The van der Waals surface area contributed by atoms with Crippen molar-refractivity contribution in [2.45, 2.75) is 30.7 Å². The van der Waals surface area contributed by atoms with E-state index >= 15 is 0 Å². The number of halogens is 2. The van der Waals surface area contributed by atoms with Crippen LogP contribution in [-0.4, -0.2) is 27.3 Å². The van der Waals surface area contributed by atoms with Gasteiger partial charge in [0.25, 0.3) is 0 Å². The maximum absolute atomic E-state index is 13.0. The maximum atomic E-state index is 13.0. The lowest BCUT2D eigenvalue weighted by atomic mass is 10.2. The van der Waals surface area contributed by atoms with Gasteiger partial charge in [-0.15, -0.1) is 0 Å². The topological polar surface area (TPSA) is 46.2 Å². The molecule has 18 heavy (non-hydrogen) atoms. The number of sulfone groups is 1. The Morgan fingerprint density at radius 1 is 1.44 bits per heavy atom. The first-order valence-corrected chi connectivity index (χ1v) is 7.78. The average Bonchev–Trinajstić information content (AvgIpc) is 2.31. The van der Waals surface area contributed by atoms with Gasteiger partial charge in [0.05, 0.1) is 15.7 Å². The van der Waals surface area contributed by atoms with Gasteiger partial charge in [0.1, 0.15) is 5.82 Å². The van der Waals surface area contributed by atoms with E-state index in [0.29, 0.717) is 0 Å². The van der Waals surface area contributed by atoms with Crippen molar-refractivity contribution in [2.24, 2.45) is 0 Å². The van der Waals surface area contributed by atoms with Crippen LogP contribution < -0.4 is 5.32 Å². The van der Waals surface area contributed by atoms with Crippen molar-refractivity contribution in [1.29, 1.82) is 0 Å². The Kier molecular flexibility index (Phi) is 5.56. The summed E-state index contributed by atoms with van der Waals surface area (Å²) in [6, 6.07) is 3.37. The molecular weight excluding hydrogens is 277 g/mol. The average molecular weight is 294 g/mol. The third-order valence-electron chi connectivity index (χ3n) is 2.72. The molecule has 0 bridgehead atoms. The quantitative estimate of drug-likeness (QED) is 0.820. The zero-order valence-corrected chi connectivity index (χ0v) is 12.0. The Hall–Kier alpha value is -0.650. The van der Waals surface area contributed by atoms with Gasteiger partial charge in [0.15, 0.2) is 9.84 Å². The van der Waals surface area contributed by atoms with Crippen molar-refractivity contribution in [3.63, 3.8) is 0 Å². The Bertz CT molecular complexity index is 505. The number of hydrogen-bond donors (Lipinski definition) is 1. The van der Waals surface area contributed by atoms with Crippen LogP contribution in [0.3, 0.4) is 0 Å². The molecule has 1 rings (SSSR count). The molecule has 1 unspecified atom stereocenters. The van der Waals surface area contributed by atoms with E-state index in [1.54, 1.807) is 7.05 Å². The Balaban J connectivity index is 2.95. The summed E-state index contributed by atoms with van der Waals surface area (Å²) in [7, 11) is -1.72. The lowest BCUT2D eigenvalue weighted by molar-refractivity contribution is 0.536. The minimum atomic E-state index is -3.45. The summed E-state index contributed by atoms with van der Waals surface area (Å²) < 4.78 is 37.2. The van der Waals surface area contributed by atoms with Crippen molar-refractivity contribution >= 4 is 21.4 Å². The van der Waals surface area contributed by atoms with Crippen molar-refractivity contribution in [3.8, 4) is 0 Å². The minimum Gasteiger partial charge on any atom is -0.316 e. The molecule has 1 N–H and O–H groups in total. The van der Waals surface area contributed by atoms with E-state index in [2.05, 4.69) is 5.32 Å². The van der Waals surface area contributed by atoms with Crippen LogP contribution in [0.15, 0.2) is 23.1 Å². The van der Waals surface area contributed by atoms with Gasteiger partial charge in [-0.3, -0.25) is 0 Å². The Morgan fingerprint density at radius 3 is 2.61 bits per heavy atom. The van der Waals surface area contributed by atoms with E-state index in [4.69, 9.17) is 11.6 Å². The van der Waals surface area contributed by atoms with Crippen LogP contribution >= 0.6 is 11.6 Å². The second-order valence-electron chi connectivity index (χ2n) is 4.13. The molecule has 0 aliphatic rings. The third kappa shape index (κ3) is 3.93. The molecule has 0 radical (unpaired) electrons. The lowest BCUT2D eigenvalue weighted by Gasteiger charge is -2.15. The van der Waals surface area contributed by atoms with Crippen LogP contribution in [0.1, 0.15) is 19.8 Å². The fraction of sp³-hybridized carbons (Fsp3) is 0.500. The summed E-state index contributed by atoms with van der Waals surface area (Å²) >= 11 is 5.60. The molecule has 102 valence electrons. The standard InChI is InChI=1S/C12H17ClFNO2S/c1-3-4-9(15-2)8-18(16,17)10-5-6-12(14)11(13)7-10/h5-7,9,15H,3-4,8H2,1-2H3. The van der Waals surface area contributed by atoms with Crippen LogP contribution in [0.5, 0.6) is 0 Å². The summed E-state index contributed by atoms with van der Waals surface area (Å²) in [6.45, 7) is 1.99. The van der Waals surface area contributed by atoms with E-state index in [9.17, 15) is 12.8 Å². The van der Waals surface area contributed by atoms with Crippen LogP contribution in [0.4, 0.5) is 4.39 Å². The van der Waals surface area contributed by atoms with Gasteiger partial charge in [0, 0.05) is 6.04 Å². The van der Waals surface area contributed by atoms with Crippen LogP contribution in [0.2, 0.25) is 5.02 Å². The summed E-state index contributed by atoms with van der Waals surface area (Å²) in [5, 5.41) is 2.80. The van der Waals surface area contributed by atoms with Gasteiger partial charge >= 0.3 is 0 Å². The molecule has 3 nitrogen and oxygen atoms in total. The van der Waals surface area contributed by atoms with E-state index in [0.717, 1.165) is 25.0 Å². The molecule has 0 saturated carbocycles. The molecule has 1 aromatic rings. The molecule has 6 heteroatoms. The molecular formula is C12H17ClFNO2S. The summed E-state index contributed by atoms with van der Waals surface area (Å²) in [5.41, 5.74) is 0. The highest BCUT2D eigenvalue weighted by Crippen LogP contribution is 2.21. The lowest BCUT2D eigenvalue weighted by Crippen LogP contribution is -2.32. The van der Waals surface area contributed by atoms with Gasteiger partial charge in [0.2, 0.25) is 0 Å². The SMILES string of the molecule is CCCC(CS(=O)(=O)c1ccc(F)c(Cl)c1)NC. The fourth-order valence-corrected chi connectivity index (χ4v) is 3.56. The Morgan fingerprint density at radius 2 is 2.11 bits per heavy atom. The van der Waals surface area contributed by atoms with Gasteiger partial charge in [-0.2, -0.15) is 0 Å². The van der Waals surface area contributed by atoms with Gasteiger partial charge < -0.3 is 5.32 Å². The second-order valence-corrected chi connectivity index (χ2v) is 6.57. The van der Waals surface area contributed by atoms with Crippen LogP contribution in [0, 0.1) is 5.82 Å². The van der Waals surface area contributed by atoms with E-state index < -0.39 is 15.7 Å². The zero-order valence-electron chi connectivity index (χ0n) is 10.4.